The lowest BCUT2D eigenvalue weighted by Gasteiger charge is -2.06. The van der Waals surface area contributed by atoms with Crippen LogP contribution in [0.5, 0.6) is 11.5 Å². The van der Waals surface area contributed by atoms with E-state index in [1.54, 1.807) is 7.11 Å². The Kier molecular flexibility index (Phi) is 4.98. The highest BCUT2D eigenvalue weighted by Crippen LogP contribution is 2.17. The van der Waals surface area contributed by atoms with E-state index in [4.69, 9.17) is 9.47 Å². The van der Waals surface area contributed by atoms with Crippen molar-refractivity contribution in [1.82, 2.24) is 0 Å². The summed E-state index contributed by atoms with van der Waals surface area (Å²) in [5.41, 5.74) is 0. The zero-order chi connectivity index (χ0) is 13.5. The predicted molar refractivity (Wildman–Crippen MR) is 76.4 cm³/mol. The van der Waals surface area contributed by atoms with Gasteiger partial charge in [-0.25, -0.2) is 0 Å². The van der Waals surface area contributed by atoms with Gasteiger partial charge in [0.25, 0.3) is 0 Å². The van der Waals surface area contributed by atoms with E-state index in [0.717, 1.165) is 22.8 Å². The molecule has 0 saturated heterocycles. The molecule has 0 atom stereocenters. The number of hydrogen-bond acceptors (Lipinski definition) is 4. The minimum absolute atomic E-state index is 0.188. The Morgan fingerprint density at radius 2 is 1.89 bits per heavy atom. The van der Waals surface area contributed by atoms with Crippen LogP contribution in [0.2, 0.25) is 0 Å². The van der Waals surface area contributed by atoms with Gasteiger partial charge >= 0.3 is 0 Å². The summed E-state index contributed by atoms with van der Waals surface area (Å²) in [6, 6.07) is 11.2. The Bertz CT molecular complexity index is 503. The molecule has 2 aromatic rings. The average molecular weight is 276 g/mol. The number of hydrogen-bond donors (Lipinski definition) is 0. The van der Waals surface area contributed by atoms with Crippen molar-refractivity contribution in [3.05, 3.63) is 46.7 Å². The van der Waals surface area contributed by atoms with E-state index in [-0.39, 0.29) is 5.78 Å². The molecule has 1 aromatic carbocycles. The summed E-state index contributed by atoms with van der Waals surface area (Å²) in [5.74, 6) is 1.79. The van der Waals surface area contributed by atoms with Gasteiger partial charge in [-0.05, 0) is 42.1 Å². The molecule has 0 N–H and O–H groups in total. The number of carbonyl (C=O) groups excluding carboxylic acids is 1. The van der Waals surface area contributed by atoms with Crippen LogP contribution in [0, 0.1) is 0 Å². The van der Waals surface area contributed by atoms with Gasteiger partial charge in [0.2, 0.25) is 0 Å². The van der Waals surface area contributed by atoms with Crippen molar-refractivity contribution < 1.29 is 14.3 Å². The minimum atomic E-state index is 0.188. The average Bonchev–Trinajstić information content (AvgIpc) is 2.98. The van der Waals surface area contributed by atoms with Crippen molar-refractivity contribution >= 4 is 17.1 Å². The van der Waals surface area contributed by atoms with Crippen molar-refractivity contribution in [2.24, 2.45) is 0 Å². The molecule has 0 aliphatic heterocycles. The van der Waals surface area contributed by atoms with E-state index in [1.807, 2.05) is 41.8 Å². The van der Waals surface area contributed by atoms with Crippen LogP contribution < -0.4 is 9.47 Å². The SMILES string of the molecule is COc1ccc(OCCCC(=O)c2cccs2)cc1. The summed E-state index contributed by atoms with van der Waals surface area (Å²) >= 11 is 1.49. The Hall–Kier alpha value is -1.81. The topological polar surface area (TPSA) is 35.5 Å². The van der Waals surface area contributed by atoms with Crippen LogP contribution in [0.1, 0.15) is 22.5 Å². The first-order valence-electron chi connectivity index (χ1n) is 6.13. The Balaban J connectivity index is 1.70. The lowest BCUT2D eigenvalue weighted by Crippen LogP contribution is -2.02. The second-order valence-electron chi connectivity index (χ2n) is 4.03. The van der Waals surface area contributed by atoms with Crippen LogP contribution in [0.25, 0.3) is 0 Å². The highest BCUT2D eigenvalue weighted by molar-refractivity contribution is 7.12. The lowest BCUT2D eigenvalue weighted by atomic mass is 10.2. The zero-order valence-corrected chi connectivity index (χ0v) is 11.6. The van der Waals surface area contributed by atoms with E-state index in [2.05, 4.69) is 0 Å². The summed E-state index contributed by atoms with van der Waals surface area (Å²) in [6.07, 6.45) is 1.25. The number of rotatable bonds is 7. The van der Waals surface area contributed by atoms with Crippen LogP contribution in [0.4, 0.5) is 0 Å². The number of ketones is 1. The highest BCUT2D eigenvalue weighted by atomic mass is 32.1. The molecule has 0 bridgehead atoms. The smallest absolute Gasteiger partial charge is 0.172 e. The standard InChI is InChI=1S/C15H16O3S/c1-17-12-6-8-13(9-7-12)18-10-2-4-14(16)15-5-3-11-19-15/h3,5-9,11H,2,4,10H2,1H3. The third-order valence-corrected chi connectivity index (χ3v) is 3.58. The summed E-state index contributed by atoms with van der Waals surface area (Å²) in [7, 11) is 1.63. The molecule has 0 aliphatic rings. The van der Waals surface area contributed by atoms with Gasteiger partial charge < -0.3 is 9.47 Å². The number of thiophene rings is 1. The molecule has 100 valence electrons. The van der Waals surface area contributed by atoms with Crippen LogP contribution >= 0.6 is 11.3 Å². The van der Waals surface area contributed by atoms with Gasteiger partial charge in [-0.15, -0.1) is 11.3 Å². The molecule has 0 aliphatic carbocycles. The first kappa shape index (κ1) is 13.6. The Morgan fingerprint density at radius 3 is 2.53 bits per heavy atom. The number of Topliss-reactive ketones (excluding diaryl/α,β-unsaturated/α-hetero) is 1. The minimum Gasteiger partial charge on any atom is -0.497 e. The third kappa shape index (κ3) is 4.10. The van der Waals surface area contributed by atoms with Crippen molar-refractivity contribution in [3.8, 4) is 11.5 Å². The van der Waals surface area contributed by atoms with Crippen LogP contribution in [0.15, 0.2) is 41.8 Å². The molecule has 0 fully saturated rings. The largest absolute Gasteiger partial charge is 0.497 e. The number of methoxy groups -OCH3 is 1. The fourth-order valence-electron chi connectivity index (χ4n) is 1.66. The molecule has 0 unspecified atom stereocenters. The van der Waals surface area contributed by atoms with E-state index < -0.39 is 0 Å². The Morgan fingerprint density at radius 1 is 1.16 bits per heavy atom. The second kappa shape index (κ2) is 6.95. The molecule has 0 saturated carbocycles. The summed E-state index contributed by atoms with van der Waals surface area (Å²) < 4.78 is 10.6. The van der Waals surface area contributed by atoms with E-state index >= 15 is 0 Å². The first-order chi connectivity index (χ1) is 9.29. The fourth-order valence-corrected chi connectivity index (χ4v) is 2.35. The lowest BCUT2D eigenvalue weighted by molar-refractivity contribution is 0.0977. The predicted octanol–water partition coefficient (Wildman–Crippen LogP) is 3.80. The van der Waals surface area contributed by atoms with Gasteiger partial charge in [-0.2, -0.15) is 0 Å². The van der Waals surface area contributed by atoms with Crippen molar-refractivity contribution in [2.45, 2.75) is 12.8 Å². The second-order valence-corrected chi connectivity index (χ2v) is 4.98. The quantitative estimate of drug-likeness (QED) is 0.570. The molecule has 1 aromatic heterocycles. The summed E-state index contributed by atoms with van der Waals surface area (Å²) in [6.45, 7) is 0.545. The third-order valence-electron chi connectivity index (χ3n) is 2.67. The highest BCUT2D eigenvalue weighted by Gasteiger charge is 2.06. The normalized spacial score (nSPS) is 10.2. The molecule has 4 heteroatoms. The Labute approximate surface area is 116 Å². The van der Waals surface area contributed by atoms with Crippen LogP contribution in [0.3, 0.4) is 0 Å². The molecule has 1 heterocycles. The van der Waals surface area contributed by atoms with Gasteiger partial charge in [0.1, 0.15) is 11.5 Å². The van der Waals surface area contributed by atoms with Crippen LogP contribution in [-0.2, 0) is 0 Å². The summed E-state index contributed by atoms with van der Waals surface area (Å²) in [4.78, 5) is 12.6. The molecule has 0 amide bonds. The van der Waals surface area contributed by atoms with Gasteiger partial charge in [0.05, 0.1) is 18.6 Å². The van der Waals surface area contributed by atoms with Crippen molar-refractivity contribution in [1.29, 1.82) is 0 Å². The molecule has 0 spiro atoms. The van der Waals surface area contributed by atoms with E-state index in [9.17, 15) is 4.79 Å². The zero-order valence-electron chi connectivity index (χ0n) is 10.8. The van der Waals surface area contributed by atoms with Gasteiger partial charge in [0.15, 0.2) is 5.78 Å². The monoisotopic (exact) mass is 276 g/mol. The molecule has 3 nitrogen and oxygen atoms in total. The maximum Gasteiger partial charge on any atom is 0.172 e. The molecular weight excluding hydrogens is 260 g/mol. The number of ether oxygens (including phenoxy) is 2. The van der Waals surface area contributed by atoms with Gasteiger partial charge in [-0.3, -0.25) is 4.79 Å². The molecule has 2 rings (SSSR count). The van der Waals surface area contributed by atoms with E-state index in [0.29, 0.717) is 13.0 Å². The maximum absolute atomic E-state index is 11.7. The van der Waals surface area contributed by atoms with E-state index in [1.165, 1.54) is 11.3 Å². The van der Waals surface area contributed by atoms with Crippen molar-refractivity contribution in [2.75, 3.05) is 13.7 Å². The van der Waals surface area contributed by atoms with Gasteiger partial charge in [0, 0.05) is 6.42 Å². The first-order valence-corrected chi connectivity index (χ1v) is 7.01. The molecule has 19 heavy (non-hydrogen) atoms. The molecule has 0 radical (unpaired) electrons. The van der Waals surface area contributed by atoms with Crippen LogP contribution in [-0.4, -0.2) is 19.5 Å². The number of carbonyl (C=O) groups is 1. The molecular formula is C15H16O3S. The number of benzene rings is 1. The van der Waals surface area contributed by atoms with Crippen molar-refractivity contribution in [3.63, 3.8) is 0 Å². The fraction of sp³-hybridized carbons (Fsp3) is 0.267. The maximum atomic E-state index is 11.7. The van der Waals surface area contributed by atoms with Gasteiger partial charge in [-0.1, -0.05) is 6.07 Å². The summed E-state index contributed by atoms with van der Waals surface area (Å²) in [5, 5.41) is 1.92.